The van der Waals surface area contributed by atoms with Crippen LogP contribution < -0.4 is 0 Å². The lowest BCUT2D eigenvalue weighted by Crippen LogP contribution is -2.45. The Morgan fingerprint density at radius 2 is 2.09 bits per heavy atom. The molecule has 3 rings (SSSR count). The number of carbonyl (C=O) groups is 1. The number of ether oxygens (including phenoxy) is 1. The first-order valence-corrected chi connectivity index (χ1v) is 9.09. The van der Waals surface area contributed by atoms with Crippen molar-refractivity contribution in [3.8, 4) is 0 Å². The van der Waals surface area contributed by atoms with Gasteiger partial charge in [-0.15, -0.1) is 0 Å². The second kappa shape index (κ2) is 5.99. The number of rotatable bonds is 4. The van der Waals surface area contributed by atoms with Gasteiger partial charge in [-0.05, 0) is 56.5 Å². The van der Waals surface area contributed by atoms with Crippen LogP contribution in [0.1, 0.15) is 52.9 Å². The highest BCUT2D eigenvalue weighted by molar-refractivity contribution is 5.75. The van der Waals surface area contributed by atoms with E-state index in [1.54, 1.807) is 0 Å². The topological polar surface area (TPSA) is 29.5 Å². The van der Waals surface area contributed by atoms with Gasteiger partial charge in [0.05, 0.1) is 5.92 Å². The lowest BCUT2D eigenvalue weighted by Gasteiger charge is -2.50. The molecule has 0 aromatic rings. The number of carbonyl (C=O) groups excluding carboxylic acids is 1. The second-order valence-corrected chi connectivity index (χ2v) is 7.89. The highest BCUT2D eigenvalue weighted by Gasteiger charge is 2.55. The standard InChI is InChI=1S/C19H31NO2/c1-5-20(6-2)12-15-14-10-16-13(3)8-7-9-19(16,4)11-17(14)22-18(15)21/h14-17H,3,5-12H2,1-2,4H3/t14-,15-,16+,17-,19-/m1/s1. The Labute approximate surface area is 135 Å². The molecule has 3 nitrogen and oxygen atoms in total. The Bertz CT molecular complexity index is 456. The maximum Gasteiger partial charge on any atom is 0.310 e. The summed E-state index contributed by atoms with van der Waals surface area (Å²) >= 11 is 0. The summed E-state index contributed by atoms with van der Waals surface area (Å²) in [6, 6.07) is 0. The van der Waals surface area contributed by atoms with Gasteiger partial charge in [-0.25, -0.2) is 0 Å². The zero-order chi connectivity index (χ0) is 15.9. The third kappa shape index (κ3) is 2.62. The van der Waals surface area contributed by atoms with E-state index in [-0.39, 0.29) is 18.0 Å². The zero-order valence-corrected chi connectivity index (χ0v) is 14.4. The van der Waals surface area contributed by atoms with Crippen molar-refractivity contribution in [2.45, 2.75) is 59.0 Å². The molecule has 0 N–H and O–H groups in total. The average molecular weight is 305 g/mol. The van der Waals surface area contributed by atoms with E-state index in [9.17, 15) is 4.79 Å². The predicted octanol–water partition coefficient (Wildman–Crippen LogP) is 3.64. The van der Waals surface area contributed by atoms with Crippen molar-refractivity contribution < 1.29 is 9.53 Å². The Morgan fingerprint density at radius 1 is 1.36 bits per heavy atom. The fourth-order valence-electron chi connectivity index (χ4n) is 5.22. The van der Waals surface area contributed by atoms with E-state index < -0.39 is 0 Å². The van der Waals surface area contributed by atoms with Gasteiger partial charge in [0.2, 0.25) is 0 Å². The van der Waals surface area contributed by atoms with Gasteiger partial charge in [-0.1, -0.05) is 32.9 Å². The third-order valence-electron chi connectivity index (χ3n) is 6.67. The lowest BCUT2D eigenvalue weighted by molar-refractivity contribution is -0.146. The quantitative estimate of drug-likeness (QED) is 0.586. The van der Waals surface area contributed by atoms with Crippen LogP contribution in [-0.4, -0.2) is 36.6 Å². The molecule has 1 heterocycles. The van der Waals surface area contributed by atoms with E-state index >= 15 is 0 Å². The van der Waals surface area contributed by atoms with E-state index in [2.05, 4.69) is 32.3 Å². The summed E-state index contributed by atoms with van der Waals surface area (Å²) < 4.78 is 5.82. The Balaban J connectivity index is 1.78. The summed E-state index contributed by atoms with van der Waals surface area (Å²) in [4.78, 5) is 14.8. The number of fused-ring (bicyclic) bond motifs is 2. The van der Waals surface area contributed by atoms with Crippen molar-refractivity contribution in [1.29, 1.82) is 0 Å². The van der Waals surface area contributed by atoms with Crippen LogP contribution in [0.4, 0.5) is 0 Å². The van der Waals surface area contributed by atoms with Gasteiger partial charge < -0.3 is 9.64 Å². The van der Waals surface area contributed by atoms with E-state index in [4.69, 9.17) is 4.74 Å². The molecular weight excluding hydrogens is 274 g/mol. The molecule has 0 amide bonds. The summed E-state index contributed by atoms with van der Waals surface area (Å²) in [5.74, 6) is 1.12. The normalized spacial score (nSPS) is 41.3. The fourth-order valence-corrected chi connectivity index (χ4v) is 5.22. The number of hydrogen-bond donors (Lipinski definition) is 0. The smallest absolute Gasteiger partial charge is 0.310 e. The van der Waals surface area contributed by atoms with E-state index in [0.717, 1.165) is 32.5 Å². The first-order chi connectivity index (χ1) is 10.5. The number of allylic oxidation sites excluding steroid dienone is 1. The molecule has 0 aromatic carbocycles. The Hall–Kier alpha value is -0.830. The molecule has 2 aliphatic carbocycles. The largest absolute Gasteiger partial charge is 0.462 e. The minimum absolute atomic E-state index is 0.0507. The van der Waals surface area contributed by atoms with Crippen LogP contribution in [-0.2, 0) is 9.53 Å². The maximum atomic E-state index is 12.4. The second-order valence-electron chi connectivity index (χ2n) is 7.89. The van der Waals surface area contributed by atoms with Crippen molar-refractivity contribution in [3.63, 3.8) is 0 Å². The number of hydrogen-bond acceptors (Lipinski definition) is 3. The van der Waals surface area contributed by atoms with Crippen molar-refractivity contribution >= 4 is 5.97 Å². The van der Waals surface area contributed by atoms with Crippen LogP contribution in [0.15, 0.2) is 12.2 Å². The third-order valence-corrected chi connectivity index (χ3v) is 6.67. The van der Waals surface area contributed by atoms with Crippen LogP contribution in [0.25, 0.3) is 0 Å². The molecule has 0 aromatic heterocycles. The highest BCUT2D eigenvalue weighted by Crippen LogP contribution is 2.56. The van der Waals surface area contributed by atoms with Gasteiger partial charge in [0, 0.05) is 12.5 Å². The van der Waals surface area contributed by atoms with Crippen LogP contribution in [0.3, 0.4) is 0 Å². The van der Waals surface area contributed by atoms with Gasteiger partial charge in [0.25, 0.3) is 0 Å². The molecule has 0 bridgehead atoms. The molecule has 1 aliphatic heterocycles. The summed E-state index contributed by atoms with van der Waals surface area (Å²) in [6.45, 7) is 14.0. The molecule has 1 saturated heterocycles. The first-order valence-electron chi connectivity index (χ1n) is 9.09. The minimum atomic E-state index is 0.0507. The van der Waals surface area contributed by atoms with E-state index in [0.29, 0.717) is 17.3 Å². The van der Waals surface area contributed by atoms with Crippen LogP contribution in [0, 0.1) is 23.2 Å². The highest BCUT2D eigenvalue weighted by atomic mass is 16.6. The van der Waals surface area contributed by atoms with E-state index in [1.165, 1.54) is 24.8 Å². The van der Waals surface area contributed by atoms with Gasteiger partial charge in [-0.3, -0.25) is 4.79 Å². The average Bonchev–Trinajstić information content (AvgIpc) is 2.77. The molecule has 2 saturated carbocycles. The summed E-state index contributed by atoms with van der Waals surface area (Å²) in [6.07, 6.45) is 5.99. The maximum absolute atomic E-state index is 12.4. The van der Waals surface area contributed by atoms with Crippen LogP contribution in [0.2, 0.25) is 0 Å². The van der Waals surface area contributed by atoms with Gasteiger partial charge >= 0.3 is 5.97 Å². The van der Waals surface area contributed by atoms with Crippen LogP contribution >= 0.6 is 0 Å². The molecule has 0 spiro atoms. The minimum Gasteiger partial charge on any atom is -0.462 e. The summed E-state index contributed by atoms with van der Waals surface area (Å²) in [5, 5.41) is 0. The predicted molar refractivity (Wildman–Crippen MR) is 88.5 cm³/mol. The molecule has 3 fully saturated rings. The van der Waals surface area contributed by atoms with Crippen molar-refractivity contribution in [2.24, 2.45) is 23.2 Å². The zero-order valence-electron chi connectivity index (χ0n) is 14.4. The summed E-state index contributed by atoms with van der Waals surface area (Å²) in [7, 11) is 0. The Morgan fingerprint density at radius 3 is 2.77 bits per heavy atom. The molecule has 0 unspecified atom stereocenters. The van der Waals surface area contributed by atoms with Crippen LogP contribution in [0.5, 0.6) is 0 Å². The molecule has 3 heteroatoms. The lowest BCUT2D eigenvalue weighted by atomic mass is 9.55. The fraction of sp³-hybridized carbons (Fsp3) is 0.842. The van der Waals surface area contributed by atoms with Crippen molar-refractivity contribution in [3.05, 3.63) is 12.2 Å². The van der Waals surface area contributed by atoms with Gasteiger partial charge in [-0.2, -0.15) is 0 Å². The molecule has 22 heavy (non-hydrogen) atoms. The van der Waals surface area contributed by atoms with Crippen molar-refractivity contribution in [2.75, 3.05) is 19.6 Å². The number of esters is 1. The van der Waals surface area contributed by atoms with Gasteiger partial charge in [0.15, 0.2) is 0 Å². The summed E-state index contributed by atoms with van der Waals surface area (Å²) in [5.41, 5.74) is 1.73. The van der Waals surface area contributed by atoms with Gasteiger partial charge in [0.1, 0.15) is 6.10 Å². The molecule has 124 valence electrons. The SMILES string of the molecule is C=C1CCC[C@]2(C)C[C@H]3OC(=O)[C@H](CN(CC)CC)[C@H]3C[C@@H]12. The monoisotopic (exact) mass is 305 g/mol. The van der Waals surface area contributed by atoms with Crippen molar-refractivity contribution in [1.82, 2.24) is 4.90 Å². The molecule has 3 aliphatic rings. The van der Waals surface area contributed by atoms with E-state index in [1.807, 2.05) is 0 Å². The molecular formula is C19H31NO2. The first kappa shape index (κ1) is 16.0. The Kier molecular flexibility index (Phi) is 4.37. The number of nitrogens with zero attached hydrogens (tertiary/aromatic N) is 1. The molecule has 5 atom stereocenters. The molecule has 0 radical (unpaired) electrons.